The first kappa shape index (κ1) is 12.9. The number of nitrogens with two attached hydrogens (primary N) is 1. The minimum atomic E-state index is 0. The van der Waals surface area contributed by atoms with Crippen LogP contribution in [0, 0.1) is 0 Å². The van der Waals surface area contributed by atoms with Gasteiger partial charge < -0.3 is 10.9 Å². The third-order valence-corrected chi connectivity index (χ3v) is 1.85. The molecule has 0 aliphatic rings. The van der Waals surface area contributed by atoms with Gasteiger partial charge in [-0.3, -0.25) is 0 Å². The Bertz CT molecular complexity index is 275. The summed E-state index contributed by atoms with van der Waals surface area (Å²) in [4.78, 5) is 0. The number of hydrogen-bond donors (Lipinski definition) is 2. The van der Waals surface area contributed by atoms with E-state index in [9.17, 15) is 0 Å². The van der Waals surface area contributed by atoms with E-state index in [1.165, 1.54) is 0 Å². The second-order valence-electron chi connectivity index (χ2n) is 2.80. The molecule has 3 N–H and O–H groups in total. The Balaban J connectivity index is 0.00000169. The Morgan fingerprint density at radius 3 is 2.43 bits per heavy atom. The summed E-state index contributed by atoms with van der Waals surface area (Å²) in [5.41, 5.74) is 7.03. The van der Waals surface area contributed by atoms with Crippen LogP contribution in [0.4, 0.5) is 0 Å². The molecule has 78 valence electrons. The Morgan fingerprint density at radius 2 is 1.93 bits per heavy atom. The largest absolute Gasteiger partial charge is 0.411 e. The lowest BCUT2D eigenvalue weighted by molar-refractivity contribution is 0.318. The lowest BCUT2D eigenvalue weighted by atomic mass is 10.1. The van der Waals surface area contributed by atoms with Gasteiger partial charge in [-0.1, -0.05) is 35.5 Å². The fraction of sp³-hybridized carbons (Fsp3) is 0.300. The minimum absolute atomic E-state index is 0. The van der Waals surface area contributed by atoms with Crippen molar-refractivity contribution < 1.29 is 5.21 Å². The molecule has 3 nitrogen and oxygen atoms in total. The summed E-state index contributed by atoms with van der Waals surface area (Å²) in [6.07, 6.45) is 1.56. The van der Waals surface area contributed by atoms with Crippen molar-refractivity contribution in [2.75, 3.05) is 6.54 Å². The van der Waals surface area contributed by atoms with Crippen LogP contribution in [0.5, 0.6) is 0 Å². The lowest BCUT2D eigenvalue weighted by Crippen LogP contribution is -2.05. The summed E-state index contributed by atoms with van der Waals surface area (Å²) >= 11 is 0. The van der Waals surface area contributed by atoms with Crippen LogP contribution < -0.4 is 5.73 Å². The molecule has 0 fully saturated rings. The summed E-state index contributed by atoms with van der Waals surface area (Å²) in [6, 6.07) is 9.62. The molecule has 1 rings (SSSR count). The van der Waals surface area contributed by atoms with E-state index in [2.05, 4.69) is 5.16 Å². The van der Waals surface area contributed by atoms with E-state index in [0.29, 0.717) is 12.3 Å². The van der Waals surface area contributed by atoms with Crippen molar-refractivity contribution in [1.29, 1.82) is 0 Å². The van der Waals surface area contributed by atoms with E-state index in [4.69, 9.17) is 10.9 Å². The first-order valence-electron chi connectivity index (χ1n) is 4.35. The predicted molar refractivity (Wildman–Crippen MR) is 60.3 cm³/mol. The van der Waals surface area contributed by atoms with Crippen molar-refractivity contribution >= 4 is 18.1 Å². The van der Waals surface area contributed by atoms with Crippen molar-refractivity contribution in [2.45, 2.75) is 12.8 Å². The highest BCUT2D eigenvalue weighted by Crippen LogP contribution is 2.05. The van der Waals surface area contributed by atoms with Gasteiger partial charge in [-0.25, -0.2) is 0 Å². The second-order valence-corrected chi connectivity index (χ2v) is 2.80. The molecule has 4 heteroatoms. The average Bonchev–Trinajstić information content (AvgIpc) is 2.21. The van der Waals surface area contributed by atoms with Gasteiger partial charge in [0.1, 0.15) is 0 Å². The van der Waals surface area contributed by atoms with E-state index in [0.717, 1.165) is 18.4 Å². The van der Waals surface area contributed by atoms with Gasteiger partial charge in [0.2, 0.25) is 0 Å². The molecule has 0 heterocycles. The monoisotopic (exact) mass is 214 g/mol. The van der Waals surface area contributed by atoms with Crippen molar-refractivity contribution in [3.8, 4) is 0 Å². The molecule has 0 saturated heterocycles. The van der Waals surface area contributed by atoms with Crippen molar-refractivity contribution in [3.05, 3.63) is 35.9 Å². The normalized spacial score (nSPS) is 10.8. The molecular formula is C10H15ClN2O. The Morgan fingerprint density at radius 1 is 1.29 bits per heavy atom. The van der Waals surface area contributed by atoms with Gasteiger partial charge in [-0.05, 0) is 24.9 Å². The van der Waals surface area contributed by atoms with E-state index < -0.39 is 0 Å². The molecule has 1 aromatic rings. The highest BCUT2D eigenvalue weighted by molar-refractivity contribution is 6.00. The first-order valence-corrected chi connectivity index (χ1v) is 4.35. The standard InChI is InChI=1S/C10H14N2O.ClH/c11-8-4-7-10(12-13)9-5-2-1-3-6-9;/h1-3,5-6,13H,4,7-8,11H2;1H. The average molecular weight is 215 g/mol. The van der Waals surface area contributed by atoms with E-state index in [1.807, 2.05) is 30.3 Å². The Kier molecular flexibility index (Phi) is 6.80. The lowest BCUT2D eigenvalue weighted by Gasteiger charge is -2.02. The van der Waals surface area contributed by atoms with Gasteiger partial charge in [-0.2, -0.15) is 0 Å². The number of benzene rings is 1. The maximum absolute atomic E-state index is 8.75. The van der Waals surface area contributed by atoms with Crippen molar-refractivity contribution in [3.63, 3.8) is 0 Å². The van der Waals surface area contributed by atoms with Gasteiger partial charge in [0, 0.05) is 0 Å². The van der Waals surface area contributed by atoms with Crippen molar-refractivity contribution in [2.24, 2.45) is 10.9 Å². The van der Waals surface area contributed by atoms with Crippen LogP contribution in [-0.2, 0) is 0 Å². The summed E-state index contributed by atoms with van der Waals surface area (Å²) in [5.74, 6) is 0. The molecule has 0 unspecified atom stereocenters. The minimum Gasteiger partial charge on any atom is -0.411 e. The van der Waals surface area contributed by atoms with Crippen LogP contribution in [0.15, 0.2) is 35.5 Å². The van der Waals surface area contributed by atoms with Gasteiger partial charge in [-0.15, -0.1) is 12.4 Å². The summed E-state index contributed by atoms with van der Waals surface area (Å²) in [5, 5.41) is 12.0. The fourth-order valence-corrected chi connectivity index (χ4v) is 1.15. The van der Waals surface area contributed by atoms with E-state index >= 15 is 0 Å². The summed E-state index contributed by atoms with van der Waals surface area (Å²) in [7, 11) is 0. The maximum Gasteiger partial charge on any atom is 0.0868 e. The van der Waals surface area contributed by atoms with Gasteiger partial charge in [0.25, 0.3) is 0 Å². The highest BCUT2D eigenvalue weighted by atomic mass is 35.5. The van der Waals surface area contributed by atoms with Crippen LogP contribution in [0.2, 0.25) is 0 Å². The maximum atomic E-state index is 8.75. The molecule has 0 amide bonds. The zero-order chi connectivity index (χ0) is 9.52. The van der Waals surface area contributed by atoms with Crippen molar-refractivity contribution in [1.82, 2.24) is 0 Å². The topological polar surface area (TPSA) is 58.6 Å². The third kappa shape index (κ3) is 3.77. The molecule has 0 aliphatic heterocycles. The Labute approximate surface area is 90.0 Å². The van der Waals surface area contributed by atoms with Crippen LogP contribution >= 0.6 is 12.4 Å². The second kappa shape index (κ2) is 7.35. The van der Waals surface area contributed by atoms with E-state index in [1.54, 1.807) is 0 Å². The number of hydrogen-bond acceptors (Lipinski definition) is 3. The number of rotatable bonds is 4. The summed E-state index contributed by atoms with van der Waals surface area (Å²) < 4.78 is 0. The molecule has 0 radical (unpaired) electrons. The molecule has 0 aromatic heterocycles. The van der Waals surface area contributed by atoms with Crippen LogP contribution in [-0.4, -0.2) is 17.5 Å². The van der Waals surface area contributed by atoms with Gasteiger partial charge >= 0.3 is 0 Å². The smallest absolute Gasteiger partial charge is 0.0868 e. The molecule has 0 saturated carbocycles. The van der Waals surface area contributed by atoms with Crippen LogP contribution in [0.25, 0.3) is 0 Å². The zero-order valence-corrected chi connectivity index (χ0v) is 8.70. The molecule has 0 bridgehead atoms. The fourth-order valence-electron chi connectivity index (χ4n) is 1.15. The first-order chi connectivity index (χ1) is 6.38. The number of oxime groups is 1. The number of nitrogens with zero attached hydrogens (tertiary/aromatic N) is 1. The highest BCUT2D eigenvalue weighted by Gasteiger charge is 2.01. The van der Waals surface area contributed by atoms with Crippen LogP contribution in [0.3, 0.4) is 0 Å². The molecular weight excluding hydrogens is 200 g/mol. The quantitative estimate of drug-likeness (QED) is 0.458. The zero-order valence-electron chi connectivity index (χ0n) is 7.89. The number of halogens is 1. The molecule has 0 aliphatic carbocycles. The third-order valence-electron chi connectivity index (χ3n) is 1.85. The summed E-state index contributed by atoms with van der Waals surface area (Å²) in [6.45, 7) is 0.617. The van der Waals surface area contributed by atoms with Gasteiger partial charge in [0.05, 0.1) is 5.71 Å². The van der Waals surface area contributed by atoms with E-state index in [-0.39, 0.29) is 12.4 Å². The molecule has 0 atom stereocenters. The predicted octanol–water partition coefficient (Wildman–Crippen LogP) is 2.03. The van der Waals surface area contributed by atoms with Gasteiger partial charge in [0.15, 0.2) is 0 Å². The Hall–Kier alpha value is -1.06. The molecule has 0 spiro atoms. The SMILES string of the molecule is Cl.NCCCC(=NO)c1ccccc1. The molecule has 1 aromatic carbocycles. The van der Waals surface area contributed by atoms with Crippen LogP contribution in [0.1, 0.15) is 18.4 Å². The molecule has 14 heavy (non-hydrogen) atoms.